The fourth-order valence-electron chi connectivity index (χ4n) is 2.94. The van der Waals surface area contributed by atoms with E-state index in [2.05, 4.69) is 20.5 Å². The molecule has 1 atom stereocenters. The summed E-state index contributed by atoms with van der Waals surface area (Å²) in [6.45, 7) is 0. The molecule has 1 aliphatic rings. The summed E-state index contributed by atoms with van der Waals surface area (Å²) in [5.41, 5.74) is 4.27. The third-order valence-electron chi connectivity index (χ3n) is 4.10. The zero-order valence-electron chi connectivity index (χ0n) is 12.5. The highest BCUT2D eigenvalue weighted by atomic mass is 16.2. The van der Waals surface area contributed by atoms with Gasteiger partial charge in [0.25, 0.3) is 5.91 Å². The number of nitrogens with one attached hydrogen (secondary N) is 2. The molecule has 2 N–H and O–H groups in total. The van der Waals surface area contributed by atoms with Crippen molar-refractivity contribution in [3.8, 4) is 11.3 Å². The number of H-pyrrole nitrogens is 1. The van der Waals surface area contributed by atoms with E-state index in [9.17, 15) is 4.79 Å². The van der Waals surface area contributed by atoms with Crippen LogP contribution >= 0.6 is 0 Å². The first-order valence-corrected chi connectivity index (χ1v) is 7.32. The van der Waals surface area contributed by atoms with E-state index in [-0.39, 0.29) is 12.1 Å². The Bertz CT molecular complexity index is 858. The summed E-state index contributed by atoms with van der Waals surface area (Å²) < 4.78 is 0. The number of fused-ring (bicyclic) bond motifs is 1. The van der Waals surface area contributed by atoms with Gasteiger partial charge in [0.05, 0.1) is 23.1 Å². The lowest BCUT2D eigenvalue weighted by Gasteiger charge is -2.36. The molecule has 1 aliphatic heterocycles. The third kappa shape index (κ3) is 2.15. The van der Waals surface area contributed by atoms with Gasteiger partial charge < -0.3 is 10.2 Å². The van der Waals surface area contributed by atoms with E-state index in [0.29, 0.717) is 5.56 Å². The molecule has 0 unspecified atom stereocenters. The predicted molar refractivity (Wildman–Crippen MR) is 86.9 cm³/mol. The highest BCUT2D eigenvalue weighted by Gasteiger charge is 2.31. The van der Waals surface area contributed by atoms with E-state index in [0.717, 1.165) is 22.5 Å². The molecule has 23 heavy (non-hydrogen) atoms. The summed E-state index contributed by atoms with van der Waals surface area (Å²) in [6, 6.07) is 11.4. The lowest BCUT2D eigenvalue weighted by Crippen LogP contribution is -2.44. The highest BCUT2D eigenvalue weighted by Crippen LogP contribution is 2.34. The molecular weight excluding hydrogens is 290 g/mol. The standard InChI is InChI=1S/C17H15N5O/c1-22-14-7-3-2-6-12(14)17(23)20-16(22)13-10-19-21-15(13)11-5-4-8-18-9-11/h2-10,16H,1H3,(H,19,21)(H,20,23)/t16-/m1/s1. The maximum Gasteiger partial charge on any atom is 0.255 e. The Morgan fingerprint density at radius 2 is 2.00 bits per heavy atom. The summed E-state index contributed by atoms with van der Waals surface area (Å²) in [5.74, 6) is -0.0814. The minimum atomic E-state index is -0.286. The molecular formula is C17H15N5O. The van der Waals surface area contributed by atoms with Crippen LogP contribution < -0.4 is 10.2 Å². The van der Waals surface area contributed by atoms with Crippen LogP contribution in [0.25, 0.3) is 11.3 Å². The Morgan fingerprint density at radius 1 is 1.13 bits per heavy atom. The number of amides is 1. The van der Waals surface area contributed by atoms with E-state index >= 15 is 0 Å². The van der Waals surface area contributed by atoms with Crippen molar-refractivity contribution in [2.45, 2.75) is 6.17 Å². The van der Waals surface area contributed by atoms with Crippen LogP contribution in [0, 0.1) is 0 Å². The van der Waals surface area contributed by atoms with Crippen LogP contribution in [-0.2, 0) is 0 Å². The van der Waals surface area contributed by atoms with E-state index in [1.54, 1.807) is 18.6 Å². The molecule has 2 aromatic heterocycles. The lowest BCUT2D eigenvalue weighted by atomic mass is 10.0. The molecule has 1 amide bonds. The molecule has 6 nitrogen and oxygen atoms in total. The van der Waals surface area contributed by atoms with Crippen molar-refractivity contribution < 1.29 is 4.79 Å². The third-order valence-corrected chi connectivity index (χ3v) is 4.10. The molecule has 1 aromatic carbocycles. The minimum Gasteiger partial charge on any atom is -0.350 e. The smallest absolute Gasteiger partial charge is 0.255 e. The summed E-state index contributed by atoms with van der Waals surface area (Å²) in [7, 11) is 1.96. The number of anilines is 1. The summed E-state index contributed by atoms with van der Waals surface area (Å²) in [6.07, 6.45) is 4.96. The van der Waals surface area contributed by atoms with Gasteiger partial charge in [-0.1, -0.05) is 12.1 Å². The molecule has 0 bridgehead atoms. The monoisotopic (exact) mass is 305 g/mol. The second-order valence-corrected chi connectivity index (χ2v) is 5.45. The molecule has 114 valence electrons. The van der Waals surface area contributed by atoms with Crippen LogP contribution in [0.3, 0.4) is 0 Å². The zero-order chi connectivity index (χ0) is 15.8. The Hall–Kier alpha value is -3.15. The van der Waals surface area contributed by atoms with E-state index in [1.165, 1.54) is 0 Å². The van der Waals surface area contributed by atoms with Gasteiger partial charge in [-0.25, -0.2) is 0 Å². The molecule has 0 aliphatic carbocycles. The van der Waals surface area contributed by atoms with Gasteiger partial charge in [0, 0.05) is 30.6 Å². The summed E-state index contributed by atoms with van der Waals surface area (Å²) in [5, 5.41) is 10.2. The van der Waals surface area contributed by atoms with Crippen LogP contribution in [0.1, 0.15) is 22.1 Å². The maximum absolute atomic E-state index is 12.4. The van der Waals surface area contributed by atoms with Gasteiger partial charge in [0.2, 0.25) is 0 Å². The molecule has 0 saturated carbocycles. The first-order chi connectivity index (χ1) is 11.3. The normalized spacial score (nSPS) is 16.8. The number of benzene rings is 1. The number of hydrogen-bond donors (Lipinski definition) is 2. The number of pyridine rings is 1. The minimum absolute atomic E-state index is 0.0814. The Kier molecular flexibility index (Phi) is 3.08. The topological polar surface area (TPSA) is 73.9 Å². The van der Waals surface area contributed by atoms with Crippen LogP contribution in [0.15, 0.2) is 55.0 Å². The van der Waals surface area contributed by atoms with Gasteiger partial charge in [0.15, 0.2) is 0 Å². The Morgan fingerprint density at radius 3 is 2.83 bits per heavy atom. The fraction of sp³-hybridized carbons (Fsp3) is 0.118. The first kappa shape index (κ1) is 13.5. The van der Waals surface area contributed by atoms with Gasteiger partial charge in [-0.15, -0.1) is 0 Å². The lowest BCUT2D eigenvalue weighted by molar-refractivity contribution is 0.0928. The number of carbonyl (C=O) groups is 1. The number of nitrogens with zero attached hydrogens (tertiary/aromatic N) is 3. The van der Waals surface area contributed by atoms with Gasteiger partial charge in [-0.3, -0.25) is 14.9 Å². The predicted octanol–water partition coefficient (Wildman–Crippen LogP) is 2.35. The average Bonchev–Trinajstić information content (AvgIpc) is 3.08. The average molecular weight is 305 g/mol. The number of hydrogen-bond acceptors (Lipinski definition) is 4. The molecule has 0 fully saturated rings. The second kappa shape index (κ2) is 5.24. The van der Waals surface area contributed by atoms with Crippen LogP contribution in [0.2, 0.25) is 0 Å². The van der Waals surface area contributed by atoms with Crippen molar-refractivity contribution >= 4 is 11.6 Å². The van der Waals surface area contributed by atoms with Crippen molar-refractivity contribution in [3.05, 3.63) is 66.1 Å². The molecule has 3 aromatic rings. The van der Waals surface area contributed by atoms with Crippen molar-refractivity contribution in [3.63, 3.8) is 0 Å². The highest BCUT2D eigenvalue weighted by molar-refractivity contribution is 6.02. The zero-order valence-corrected chi connectivity index (χ0v) is 12.5. The van der Waals surface area contributed by atoms with Crippen LogP contribution in [0.4, 0.5) is 5.69 Å². The molecule has 4 rings (SSSR count). The van der Waals surface area contributed by atoms with Crippen molar-refractivity contribution in [2.24, 2.45) is 0 Å². The van der Waals surface area contributed by atoms with Crippen molar-refractivity contribution in [1.82, 2.24) is 20.5 Å². The van der Waals surface area contributed by atoms with Gasteiger partial charge in [-0.2, -0.15) is 5.10 Å². The van der Waals surface area contributed by atoms with Crippen molar-refractivity contribution in [1.29, 1.82) is 0 Å². The van der Waals surface area contributed by atoms with Crippen molar-refractivity contribution in [2.75, 3.05) is 11.9 Å². The molecule has 6 heteroatoms. The number of aromatic nitrogens is 3. The molecule has 0 spiro atoms. The summed E-state index contributed by atoms with van der Waals surface area (Å²) >= 11 is 0. The number of para-hydroxylation sites is 1. The number of carbonyl (C=O) groups excluding carboxylic acids is 1. The molecule has 0 saturated heterocycles. The largest absolute Gasteiger partial charge is 0.350 e. The van der Waals surface area contributed by atoms with E-state index in [1.807, 2.05) is 48.3 Å². The number of rotatable bonds is 2. The summed E-state index contributed by atoms with van der Waals surface area (Å²) in [4.78, 5) is 18.6. The van der Waals surface area contributed by atoms with Gasteiger partial charge >= 0.3 is 0 Å². The molecule has 3 heterocycles. The quantitative estimate of drug-likeness (QED) is 0.762. The SMILES string of the molecule is CN1c2ccccc2C(=O)N[C@H]1c1cn[nH]c1-c1cccnc1. The number of aromatic amines is 1. The first-order valence-electron chi connectivity index (χ1n) is 7.32. The van der Waals surface area contributed by atoms with E-state index < -0.39 is 0 Å². The second-order valence-electron chi connectivity index (χ2n) is 5.45. The van der Waals surface area contributed by atoms with Crippen LogP contribution in [0.5, 0.6) is 0 Å². The van der Waals surface area contributed by atoms with Gasteiger partial charge in [-0.05, 0) is 24.3 Å². The Balaban J connectivity index is 1.79. The Labute approximate surface area is 133 Å². The van der Waals surface area contributed by atoms with E-state index in [4.69, 9.17) is 0 Å². The fourth-order valence-corrected chi connectivity index (χ4v) is 2.94. The maximum atomic E-state index is 12.4. The molecule has 0 radical (unpaired) electrons. The van der Waals surface area contributed by atoms with Gasteiger partial charge in [0.1, 0.15) is 6.17 Å². The van der Waals surface area contributed by atoms with Crippen LogP contribution in [-0.4, -0.2) is 28.1 Å².